The van der Waals surface area contributed by atoms with E-state index >= 15 is 0 Å². The van der Waals surface area contributed by atoms with Gasteiger partial charge in [-0.1, -0.05) is 41.9 Å². The summed E-state index contributed by atoms with van der Waals surface area (Å²) in [6.07, 6.45) is 1.51. The number of fused-ring (bicyclic) bond motifs is 1. The topological polar surface area (TPSA) is 96.7 Å². The van der Waals surface area contributed by atoms with Gasteiger partial charge in [0.2, 0.25) is 0 Å². The van der Waals surface area contributed by atoms with Gasteiger partial charge in [-0.05, 0) is 53.6 Å². The fourth-order valence-electron chi connectivity index (χ4n) is 3.65. The number of nitriles is 1. The fraction of sp³-hybridized carbons (Fsp3) is 0.111. The molecule has 3 aromatic carbocycles. The smallest absolute Gasteiger partial charge is 0.313 e. The molecule has 174 valence electrons. The quantitative estimate of drug-likeness (QED) is 0.153. The van der Waals surface area contributed by atoms with E-state index in [1.807, 2.05) is 0 Å². The summed E-state index contributed by atoms with van der Waals surface area (Å²) in [5, 5.41) is 10.1. The van der Waals surface area contributed by atoms with Crippen LogP contribution in [0.5, 0.6) is 11.5 Å². The molecule has 0 saturated carbocycles. The number of benzene rings is 3. The maximum absolute atomic E-state index is 12.5. The molecule has 0 aromatic heterocycles. The number of methoxy groups -OCH3 is 1. The van der Waals surface area contributed by atoms with Crippen molar-refractivity contribution in [2.24, 2.45) is 0 Å². The number of ether oxygens (including phenoxy) is 2. The average Bonchev–Trinajstić information content (AvgIpc) is 3.12. The van der Waals surface area contributed by atoms with E-state index in [1.165, 1.54) is 7.11 Å². The number of hydrogen-bond acceptors (Lipinski definition) is 6. The van der Waals surface area contributed by atoms with Gasteiger partial charge in [-0.2, -0.15) is 5.26 Å². The monoisotopic (exact) mass is 486 g/mol. The van der Waals surface area contributed by atoms with Gasteiger partial charge in [0.05, 0.1) is 36.3 Å². The van der Waals surface area contributed by atoms with Crippen LogP contribution >= 0.6 is 11.6 Å². The van der Waals surface area contributed by atoms with Crippen LogP contribution in [0.25, 0.3) is 11.6 Å². The predicted octanol–water partition coefficient (Wildman–Crippen LogP) is 5.00. The van der Waals surface area contributed by atoms with Crippen LogP contribution in [0.4, 0.5) is 0 Å². The minimum Gasteiger partial charge on any atom is -0.493 e. The number of hydrogen-bond donors (Lipinski definition) is 0. The van der Waals surface area contributed by atoms with Crippen LogP contribution in [0, 0.1) is 11.3 Å². The van der Waals surface area contributed by atoms with E-state index in [9.17, 15) is 19.6 Å². The molecule has 0 radical (unpaired) electrons. The number of carbonyl (C=O) groups is 3. The molecule has 1 aliphatic rings. The van der Waals surface area contributed by atoms with Crippen molar-refractivity contribution in [3.63, 3.8) is 0 Å². The molecule has 35 heavy (non-hydrogen) atoms. The molecule has 0 N–H and O–H groups in total. The maximum atomic E-state index is 12.5. The number of amides is 2. The molecule has 1 aliphatic heterocycles. The van der Waals surface area contributed by atoms with Crippen molar-refractivity contribution < 1.29 is 23.9 Å². The van der Waals surface area contributed by atoms with Crippen LogP contribution in [0.1, 0.15) is 38.3 Å². The van der Waals surface area contributed by atoms with Crippen molar-refractivity contribution in [3.05, 3.63) is 94.0 Å². The second-order valence-electron chi connectivity index (χ2n) is 7.62. The Morgan fingerprint density at radius 2 is 1.66 bits per heavy atom. The number of imide groups is 1. The molecule has 8 heteroatoms. The first-order chi connectivity index (χ1) is 16.9. The summed E-state index contributed by atoms with van der Waals surface area (Å²) in [5.41, 5.74) is 2.45. The molecule has 3 aromatic rings. The molecule has 0 aliphatic carbocycles. The standard InChI is InChI=1S/C27H19ClN2O5/c1-34-24-15-17(14-19(16-29)18-7-9-20(28)10-8-18)6-11-23(24)35-25(31)12-13-30-26(32)21-4-2-3-5-22(21)27(30)33/h2-11,14-15H,12-13H2,1H3/b19-14+. The Labute approximate surface area is 206 Å². The van der Waals surface area contributed by atoms with Gasteiger partial charge in [0, 0.05) is 11.6 Å². The molecule has 0 saturated heterocycles. The summed E-state index contributed by atoms with van der Waals surface area (Å²) in [6, 6.07) is 20.5. The Balaban J connectivity index is 1.44. The van der Waals surface area contributed by atoms with Crippen LogP contribution in [-0.2, 0) is 4.79 Å². The molecule has 7 nitrogen and oxygen atoms in total. The SMILES string of the molecule is COc1cc(/C=C(\C#N)c2ccc(Cl)cc2)ccc1OC(=O)CCN1C(=O)c2ccccc2C1=O. The van der Waals surface area contributed by atoms with Crippen LogP contribution in [0.2, 0.25) is 5.02 Å². The summed E-state index contributed by atoms with van der Waals surface area (Å²) >= 11 is 5.92. The van der Waals surface area contributed by atoms with Gasteiger partial charge < -0.3 is 9.47 Å². The zero-order valence-corrected chi connectivity index (χ0v) is 19.4. The van der Waals surface area contributed by atoms with Gasteiger partial charge in [-0.15, -0.1) is 0 Å². The highest BCUT2D eigenvalue weighted by atomic mass is 35.5. The molecule has 0 spiro atoms. The van der Waals surface area contributed by atoms with Crippen molar-refractivity contribution in [3.8, 4) is 17.6 Å². The maximum Gasteiger partial charge on any atom is 0.313 e. The minimum atomic E-state index is -0.623. The molecule has 0 atom stereocenters. The molecule has 0 bridgehead atoms. The van der Waals surface area contributed by atoms with Crippen molar-refractivity contribution in [2.45, 2.75) is 6.42 Å². The summed E-state index contributed by atoms with van der Waals surface area (Å²) < 4.78 is 10.8. The lowest BCUT2D eigenvalue weighted by molar-refractivity contribution is -0.134. The zero-order valence-electron chi connectivity index (χ0n) is 18.7. The van der Waals surface area contributed by atoms with E-state index in [1.54, 1.807) is 72.8 Å². The predicted molar refractivity (Wildman–Crippen MR) is 130 cm³/mol. The summed E-state index contributed by atoms with van der Waals surface area (Å²) in [4.78, 5) is 38.4. The van der Waals surface area contributed by atoms with Crippen molar-refractivity contribution in [1.29, 1.82) is 5.26 Å². The van der Waals surface area contributed by atoms with Crippen molar-refractivity contribution >= 4 is 41.0 Å². The van der Waals surface area contributed by atoms with Gasteiger partial charge in [0.15, 0.2) is 11.5 Å². The summed E-state index contributed by atoms with van der Waals surface area (Å²) in [6.45, 7) is -0.0963. The van der Waals surface area contributed by atoms with Crippen LogP contribution in [-0.4, -0.2) is 36.3 Å². The van der Waals surface area contributed by atoms with Crippen LogP contribution in [0.3, 0.4) is 0 Å². The lowest BCUT2D eigenvalue weighted by Crippen LogP contribution is -2.32. The van der Waals surface area contributed by atoms with Gasteiger partial charge in [0.25, 0.3) is 11.8 Å². The first kappa shape index (κ1) is 23.7. The van der Waals surface area contributed by atoms with Gasteiger partial charge in [0.1, 0.15) is 0 Å². The van der Waals surface area contributed by atoms with E-state index < -0.39 is 17.8 Å². The van der Waals surface area contributed by atoms with E-state index in [2.05, 4.69) is 6.07 Å². The first-order valence-corrected chi connectivity index (χ1v) is 11.0. The Hall–Kier alpha value is -4.41. The Morgan fingerprint density at radius 3 is 2.26 bits per heavy atom. The van der Waals surface area contributed by atoms with Gasteiger partial charge in [-0.25, -0.2) is 0 Å². The normalized spacial score (nSPS) is 12.8. The van der Waals surface area contributed by atoms with E-state index in [0.29, 0.717) is 38.6 Å². The van der Waals surface area contributed by atoms with Crippen LogP contribution in [0.15, 0.2) is 66.7 Å². The first-order valence-electron chi connectivity index (χ1n) is 10.6. The van der Waals surface area contributed by atoms with Gasteiger partial charge in [-0.3, -0.25) is 19.3 Å². The third-order valence-electron chi connectivity index (χ3n) is 5.42. The second kappa shape index (κ2) is 10.2. The van der Waals surface area contributed by atoms with E-state index in [4.69, 9.17) is 21.1 Å². The van der Waals surface area contributed by atoms with E-state index in [-0.39, 0.29) is 18.7 Å². The number of nitrogens with zero attached hydrogens (tertiary/aromatic N) is 2. The largest absolute Gasteiger partial charge is 0.493 e. The number of rotatable bonds is 7. The third-order valence-corrected chi connectivity index (χ3v) is 5.67. The lowest BCUT2D eigenvalue weighted by atomic mass is 10.0. The number of allylic oxidation sites excluding steroid dienone is 1. The highest BCUT2D eigenvalue weighted by Gasteiger charge is 2.35. The van der Waals surface area contributed by atoms with Crippen LogP contribution < -0.4 is 9.47 Å². The summed E-state index contributed by atoms with van der Waals surface area (Å²) in [7, 11) is 1.43. The molecular weight excluding hydrogens is 468 g/mol. The Morgan fingerprint density at radius 1 is 1.00 bits per heavy atom. The minimum absolute atomic E-state index is 0.0963. The average molecular weight is 487 g/mol. The second-order valence-corrected chi connectivity index (χ2v) is 8.06. The number of carbonyl (C=O) groups excluding carboxylic acids is 3. The fourth-order valence-corrected chi connectivity index (χ4v) is 3.78. The highest BCUT2D eigenvalue weighted by Crippen LogP contribution is 2.31. The number of halogens is 1. The molecule has 0 unspecified atom stereocenters. The molecular formula is C27H19ClN2O5. The Bertz CT molecular complexity index is 1350. The lowest BCUT2D eigenvalue weighted by Gasteiger charge is -2.14. The van der Waals surface area contributed by atoms with E-state index in [0.717, 1.165) is 4.90 Å². The number of esters is 1. The molecule has 4 rings (SSSR count). The van der Waals surface area contributed by atoms with Crippen molar-refractivity contribution in [1.82, 2.24) is 4.90 Å². The Kier molecular flexibility index (Phi) is 6.95. The zero-order chi connectivity index (χ0) is 24.9. The molecule has 1 heterocycles. The molecule has 2 amide bonds. The molecule has 0 fully saturated rings. The highest BCUT2D eigenvalue weighted by molar-refractivity contribution is 6.30. The van der Waals surface area contributed by atoms with Gasteiger partial charge >= 0.3 is 5.97 Å². The third kappa shape index (κ3) is 5.08. The van der Waals surface area contributed by atoms with Crippen molar-refractivity contribution in [2.75, 3.05) is 13.7 Å². The summed E-state index contributed by atoms with van der Waals surface area (Å²) in [5.74, 6) is -1.01.